The van der Waals surface area contributed by atoms with Gasteiger partial charge in [-0.25, -0.2) is 9.97 Å². The molecule has 3 rings (SSSR count). The average Bonchev–Trinajstić information content (AvgIpc) is 2.53. The van der Waals surface area contributed by atoms with Gasteiger partial charge in [0.1, 0.15) is 0 Å². The summed E-state index contributed by atoms with van der Waals surface area (Å²) in [6.07, 6.45) is 4.19. The van der Waals surface area contributed by atoms with Gasteiger partial charge in [0.2, 0.25) is 5.95 Å². The average molecular weight is 310 g/mol. The maximum absolute atomic E-state index is 12.1. The van der Waals surface area contributed by atoms with Crippen molar-refractivity contribution in [3.05, 3.63) is 53.3 Å². The van der Waals surface area contributed by atoms with E-state index in [2.05, 4.69) is 44.5 Å². The number of aromatic nitrogens is 2. The molecule has 1 aromatic carbocycles. The highest BCUT2D eigenvalue weighted by molar-refractivity contribution is 5.94. The maximum Gasteiger partial charge on any atom is 0.254 e. The Bertz CT molecular complexity index is 704. The van der Waals surface area contributed by atoms with E-state index in [1.807, 2.05) is 20.8 Å². The molecule has 0 unspecified atom stereocenters. The zero-order chi connectivity index (χ0) is 16.4. The summed E-state index contributed by atoms with van der Waals surface area (Å²) in [5, 5.41) is 2.91. The molecular formula is C18H22N4O. The molecule has 2 aromatic rings. The first-order valence-electron chi connectivity index (χ1n) is 7.89. The monoisotopic (exact) mass is 310 g/mol. The van der Waals surface area contributed by atoms with Crippen LogP contribution in [0, 0.1) is 0 Å². The van der Waals surface area contributed by atoms with Crippen molar-refractivity contribution < 1.29 is 4.79 Å². The van der Waals surface area contributed by atoms with Crippen LogP contribution in [0.2, 0.25) is 0 Å². The second-order valence-corrected chi connectivity index (χ2v) is 6.92. The molecule has 5 nitrogen and oxygen atoms in total. The Morgan fingerprint density at radius 3 is 2.43 bits per heavy atom. The van der Waals surface area contributed by atoms with Crippen LogP contribution in [0.15, 0.2) is 36.7 Å². The van der Waals surface area contributed by atoms with Crippen molar-refractivity contribution in [2.75, 3.05) is 11.4 Å². The zero-order valence-corrected chi connectivity index (χ0v) is 13.8. The van der Waals surface area contributed by atoms with Crippen LogP contribution < -0.4 is 10.2 Å². The van der Waals surface area contributed by atoms with Gasteiger partial charge >= 0.3 is 0 Å². The first-order valence-corrected chi connectivity index (χ1v) is 7.89. The summed E-state index contributed by atoms with van der Waals surface area (Å²) in [5.74, 6) is 0.528. The molecule has 0 saturated carbocycles. The smallest absolute Gasteiger partial charge is 0.254 e. The molecule has 0 atom stereocenters. The number of amides is 1. The lowest BCUT2D eigenvalue weighted by atomic mass is 10.0. The van der Waals surface area contributed by atoms with Gasteiger partial charge in [0.05, 0.1) is 5.56 Å². The lowest BCUT2D eigenvalue weighted by Gasteiger charge is -2.28. The van der Waals surface area contributed by atoms with Crippen LogP contribution in [0.3, 0.4) is 0 Å². The van der Waals surface area contributed by atoms with Crippen molar-refractivity contribution in [2.45, 2.75) is 39.3 Å². The molecule has 0 radical (unpaired) electrons. The number of carbonyl (C=O) groups excluding carboxylic acids is 1. The fourth-order valence-electron chi connectivity index (χ4n) is 2.68. The van der Waals surface area contributed by atoms with Crippen molar-refractivity contribution in [3.8, 4) is 0 Å². The summed E-state index contributed by atoms with van der Waals surface area (Å²) >= 11 is 0. The van der Waals surface area contributed by atoms with E-state index in [9.17, 15) is 4.79 Å². The molecule has 5 heteroatoms. The molecule has 0 fully saturated rings. The molecule has 1 amide bonds. The Hall–Kier alpha value is -2.43. The SMILES string of the molecule is CC(C)(C)NC(=O)c1cnc(N2CCc3ccccc3C2)nc1. The molecule has 0 spiro atoms. The molecule has 0 aliphatic carbocycles. The summed E-state index contributed by atoms with van der Waals surface area (Å²) in [7, 11) is 0. The lowest BCUT2D eigenvalue weighted by molar-refractivity contribution is 0.0919. The van der Waals surface area contributed by atoms with Crippen molar-refractivity contribution >= 4 is 11.9 Å². The number of rotatable bonds is 2. The van der Waals surface area contributed by atoms with E-state index in [0.29, 0.717) is 11.5 Å². The van der Waals surface area contributed by atoms with Gasteiger partial charge in [0.15, 0.2) is 0 Å². The molecule has 1 N–H and O–H groups in total. The van der Waals surface area contributed by atoms with Crippen LogP contribution in [0.5, 0.6) is 0 Å². The summed E-state index contributed by atoms with van der Waals surface area (Å²) < 4.78 is 0. The third-order valence-corrected chi connectivity index (χ3v) is 3.80. The Labute approximate surface area is 136 Å². The van der Waals surface area contributed by atoms with Gasteiger partial charge in [-0.3, -0.25) is 4.79 Å². The van der Waals surface area contributed by atoms with Gasteiger partial charge in [-0.05, 0) is 38.3 Å². The van der Waals surface area contributed by atoms with E-state index in [4.69, 9.17) is 0 Å². The number of anilines is 1. The van der Waals surface area contributed by atoms with Crippen LogP contribution in [0.4, 0.5) is 5.95 Å². The van der Waals surface area contributed by atoms with Gasteiger partial charge < -0.3 is 10.2 Å². The van der Waals surface area contributed by atoms with E-state index in [-0.39, 0.29) is 11.4 Å². The Balaban J connectivity index is 1.72. The fraction of sp³-hybridized carbons (Fsp3) is 0.389. The molecule has 23 heavy (non-hydrogen) atoms. The third-order valence-electron chi connectivity index (χ3n) is 3.80. The normalized spacial score (nSPS) is 14.3. The number of nitrogens with zero attached hydrogens (tertiary/aromatic N) is 3. The highest BCUT2D eigenvalue weighted by Crippen LogP contribution is 2.21. The third kappa shape index (κ3) is 3.67. The van der Waals surface area contributed by atoms with Gasteiger partial charge in [-0.15, -0.1) is 0 Å². The fourth-order valence-corrected chi connectivity index (χ4v) is 2.68. The van der Waals surface area contributed by atoms with Gasteiger partial charge in [0, 0.05) is 31.0 Å². The number of nitrogens with one attached hydrogen (secondary N) is 1. The Kier molecular flexibility index (Phi) is 4.03. The van der Waals surface area contributed by atoms with Crippen LogP contribution in [-0.2, 0) is 13.0 Å². The predicted molar refractivity (Wildman–Crippen MR) is 90.4 cm³/mol. The molecular weight excluding hydrogens is 288 g/mol. The molecule has 0 bridgehead atoms. The van der Waals surface area contributed by atoms with Crippen molar-refractivity contribution in [1.29, 1.82) is 0 Å². The molecule has 1 aliphatic heterocycles. The summed E-state index contributed by atoms with van der Waals surface area (Å²) in [5.41, 5.74) is 2.93. The van der Waals surface area contributed by atoms with E-state index in [1.54, 1.807) is 12.4 Å². The summed E-state index contributed by atoms with van der Waals surface area (Å²) in [6.45, 7) is 7.55. The maximum atomic E-state index is 12.1. The van der Waals surface area contributed by atoms with Crippen molar-refractivity contribution in [2.24, 2.45) is 0 Å². The van der Waals surface area contributed by atoms with Crippen LogP contribution in [0.1, 0.15) is 42.3 Å². The largest absolute Gasteiger partial charge is 0.347 e. The van der Waals surface area contributed by atoms with E-state index >= 15 is 0 Å². The first-order chi connectivity index (χ1) is 10.9. The van der Waals surface area contributed by atoms with Gasteiger partial charge in [-0.1, -0.05) is 24.3 Å². The van der Waals surface area contributed by atoms with E-state index in [0.717, 1.165) is 19.5 Å². The second kappa shape index (κ2) is 5.99. The Morgan fingerprint density at radius 1 is 1.13 bits per heavy atom. The summed E-state index contributed by atoms with van der Waals surface area (Å²) in [6, 6.07) is 8.46. The molecule has 120 valence electrons. The molecule has 0 saturated heterocycles. The van der Waals surface area contributed by atoms with Gasteiger partial charge in [0.25, 0.3) is 5.91 Å². The number of benzene rings is 1. The number of hydrogen-bond donors (Lipinski definition) is 1. The first kappa shape index (κ1) is 15.5. The standard InChI is InChI=1S/C18H22N4O/c1-18(2,3)21-16(23)15-10-19-17(20-11-15)22-9-8-13-6-4-5-7-14(13)12-22/h4-7,10-11H,8-9,12H2,1-3H3,(H,21,23). The van der Waals surface area contributed by atoms with Crippen molar-refractivity contribution in [3.63, 3.8) is 0 Å². The number of carbonyl (C=O) groups is 1. The minimum atomic E-state index is -0.271. The second-order valence-electron chi connectivity index (χ2n) is 6.92. The quantitative estimate of drug-likeness (QED) is 0.926. The topological polar surface area (TPSA) is 58.1 Å². The molecule has 1 aliphatic rings. The van der Waals surface area contributed by atoms with Gasteiger partial charge in [-0.2, -0.15) is 0 Å². The van der Waals surface area contributed by atoms with E-state index in [1.165, 1.54) is 11.1 Å². The Morgan fingerprint density at radius 2 is 1.78 bits per heavy atom. The number of fused-ring (bicyclic) bond motifs is 1. The highest BCUT2D eigenvalue weighted by Gasteiger charge is 2.19. The molecule has 1 aromatic heterocycles. The van der Waals surface area contributed by atoms with Crippen molar-refractivity contribution in [1.82, 2.24) is 15.3 Å². The van der Waals surface area contributed by atoms with E-state index < -0.39 is 0 Å². The summed E-state index contributed by atoms with van der Waals surface area (Å²) in [4.78, 5) is 23.0. The zero-order valence-electron chi connectivity index (χ0n) is 13.8. The van der Waals surface area contributed by atoms with Crippen LogP contribution in [0.25, 0.3) is 0 Å². The highest BCUT2D eigenvalue weighted by atomic mass is 16.1. The lowest BCUT2D eigenvalue weighted by Crippen LogP contribution is -2.40. The predicted octanol–water partition coefficient (Wildman–Crippen LogP) is 2.57. The van der Waals surface area contributed by atoms with Crippen LogP contribution >= 0.6 is 0 Å². The van der Waals surface area contributed by atoms with Crippen LogP contribution in [-0.4, -0.2) is 28.0 Å². The minimum absolute atomic E-state index is 0.145. The minimum Gasteiger partial charge on any atom is -0.347 e. The number of hydrogen-bond acceptors (Lipinski definition) is 4. The molecule has 2 heterocycles.